The van der Waals surface area contributed by atoms with Gasteiger partial charge >= 0.3 is 23.9 Å². The first-order valence-corrected chi connectivity index (χ1v) is 21.5. The Morgan fingerprint density at radius 1 is 0.712 bits per heavy atom. The van der Waals surface area contributed by atoms with Crippen molar-refractivity contribution in [1.29, 1.82) is 0 Å². The highest BCUT2D eigenvalue weighted by atomic mass is 32.1. The number of ether oxygens (including phenoxy) is 4. The first kappa shape index (κ1) is 64.3. The largest absolute Gasteiger partial charge is 0.466 e. The van der Waals surface area contributed by atoms with Crippen LogP contribution in [0.25, 0.3) is 6.08 Å². The van der Waals surface area contributed by atoms with Crippen LogP contribution in [0.3, 0.4) is 0 Å². The van der Waals surface area contributed by atoms with Crippen molar-refractivity contribution in [3.05, 3.63) is 92.1 Å². The Morgan fingerprint density at radius 2 is 1.20 bits per heavy atom. The van der Waals surface area contributed by atoms with E-state index in [1.807, 2.05) is 36.4 Å². The Balaban J connectivity index is -0.000000201. The van der Waals surface area contributed by atoms with Crippen LogP contribution in [-0.2, 0) is 38.1 Å². The molecule has 10 heteroatoms. The molecule has 0 radical (unpaired) electrons. The SMILES string of the molecule is C=C(C)C(=O)OC.C=C(C)C(=O)OCCCC.C=CC(=O)OCC(CC)CCCC.C=CC(=O)OCCO.C=Cc1ccccc1.CCCCCCCCCC(C)(C)S. The van der Waals surface area contributed by atoms with Crippen molar-refractivity contribution in [3.8, 4) is 0 Å². The Kier molecular flexibility index (Phi) is 52.8. The quantitative estimate of drug-likeness (QED) is 0.0344. The van der Waals surface area contributed by atoms with E-state index in [9.17, 15) is 19.2 Å². The van der Waals surface area contributed by atoms with Crippen molar-refractivity contribution in [2.24, 2.45) is 5.92 Å². The minimum atomic E-state index is -0.501. The first-order chi connectivity index (χ1) is 27.9. The predicted molar refractivity (Wildman–Crippen MR) is 252 cm³/mol. The maximum absolute atomic E-state index is 10.8. The molecule has 0 aliphatic heterocycles. The monoisotopic (exact) mass is 849 g/mol. The van der Waals surface area contributed by atoms with E-state index in [0.717, 1.165) is 31.8 Å². The maximum Gasteiger partial charge on any atom is 0.333 e. The number of methoxy groups -OCH3 is 1. The average Bonchev–Trinajstić information content (AvgIpc) is 3.23. The van der Waals surface area contributed by atoms with Gasteiger partial charge < -0.3 is 24.1 Å². The van der Waals surface area contributed by atoms with Gasteiger partial charge in [-0.05, 0) is 44.6 Å². The van der Waals surface area contributed by atoms with E-state index in [1.54, 1.807) is 13.8 Å². The summed E-state index contributed by atoms with van der Waals surface area (Å²) in [5.41, 5.74) is 2.08. The second-order valence-corrected chi connectivity index (χ2v) is 15.4. The standard InChI is InChI=1S/C12H26S.C11H20O2.C8H14O2.C8H8.C5H8O3.C5H8O2/c1-4-5-6-7-8-9-10-11-12(2,3)13;1-4-7-8-10(5-2)9-13-11(12)6-3;1-4-5-6-10-8(9)7(2)3;1-2-8-6-4-3-5-7-8;1-2-5(7)8-4-3-6;1-4(2)5(6)7-3/h13H,4-11H2,1-3H3;6,10H,3-5,7-9H2,1-2H3;2,4-6H2,1,3H3;2-7H,1H2;2,6H,1,3-4H2;1H2,2-3H3. The van der Waals surface area contributed by atoms with Crippen molar-refractivity contribution in [2.45, 2.75) is 150 Å². The van der Waals surface area contributed by atoms with Gasteiger partial charge in [0.1, 0.15) is 6.61 Å². The highest BCUT2D eigenvalue weighted by Gasteiger charge is 2.10. The Labute approximate surface area is 366 Å². The molecule has 0 bridgehead atoms. The number of hydrogen-bond acceptors (Lipinski definition) is 10. The Morgan fingerprint density at radius 3 is 1.58 bits per heavy atom. The van der Waals surface area contributed by atoms with Crippen LogP contribution in [0.2, 0.25) is 0 Å². The normalized spacial score (nSPS) is 10.0. The van der Waals surface area contributed by atoms with Gasteiger partial charge in [-0.2, -0.15) is 12.6 Å². The summed E-state index contributed by atoms with van der Waals surface area (Å²) in [5, 5.41) is 8.10. The van der Waals surface area contributed by atoms with Gasteiger partial charge in [-0.1, -0.05) is 181 Å². The van der Waals surface area contributed by atoms with E-state index < -0.39 is 5.97 Å². The molecular weight excluding hydrogens is 765 g/mol. The van der Waals surface area contributed by atoms with Crippen LogP contribution < -0.4 is 0 Å². The van der Waals surface area contributed by atoms with E-state index in [1.165, 1.54) is 83.0 Å². The fraction of sp³-hybridized carbons (Fsp3) is 0.592. The van der Waals surface area contributed by atoms with Gasteiger partial charge in [0, 0.05) is 28.0 Å². The van der Waals surface area contributed by atoms with Crippen LogP contribution in [0.4, 0.5) is 0 Å². The zero-order chi connectivity index (χ0) is 46.3. The topological polar surface area (TPSA) is 125 Å². The molecule has 0 aromatic heterocycles. The molecule has 59 heavy (non-hydrogen) atoms. The van der Waals surface area contributed by atoms with Crippen LogP contribution in [0.5, 0.6) is 0 Å². The number of aliphatic hydroxyl groups is 1. The highest BCUT2D eigenvalue weighted by molar-refractivity contribution is 7.81. The lowest BCUT2D eigenvalue weighted by Gasteiger charge is -2.16. The molecule has 0 spiro atoms. The van der Waals surface area contributed by atoms with E-state index in [2.05, 4.69) is 96.5 Å². The molecule has 0 aliphatic carbocycles. The van der Waals surface area contributed by atoms with E-state index in [-0.39, 0.29) is 35.9 Å². The molecule has 0 saturated heterocycles. The average molecular weight is 849 g/mol. The summed E-state index contributed by atoms with van der Waals surface area (Å²) in [4.78, 5) is 41.8. The van der Waals surface area contributed by atoms with Gasteiger partial charge in [-0.3, -0.25) is 0 Å². The molecule has 1 aromatic rings. The van der Waals surface area contributed by atoms with Gasteiger partial charge in [0.25, 0.3) is 0 Å². The summed E-state index contributed by atoms with van der Waals surface area (Å²) >= 11 is 4.51. The number of carbonyl (C=O) groups is 4. The number of carbonyl (C=O) groups excluding carboxylic acids is 4. The van der Waals surface area contributed by atoms with Crippen molar-refractivity contribution in [3.63, 3.8) is 0 Å². The van der Waals surface area contributed by atoms with Crippen LogP contribution in [0, 0.1) is 5.92 Å². The van der Waals surface area contributed by atoms with Crippen molar-refractivity contribution in [2.75, 3.05) is 33.5 Å². The summed E-state index contributed by atoms with van der Waals surface area (Å²) in [5.74, 6) is -0.925. The summed E-state index contributed by atoms with van der Waals surface area (Å²) in [7, 11) is 1.33. The van der Waals surface area contributed by atoms with Crippen LogP contribution in [0.1, 0.15) is 151 Å². The third-order valence-electron chi connectivity index (χ3n) is 7.71. The number of thiol groups is 1. The lowest BCUT2D eigenvalue weighted by Crippen LogP contribution is -2.12. The summed E-state index contributed by atoms with van der Waals surface area (Å²) in [6.07, 6.45) is 21.8. The zero-order valence-corrected chi connectivity index (χ0v) is 39.5. The zero-order valence-electron chi connectivity index (χ0n) is 38.6. The Hall–Kier alpha value is -3.89. The van der Waals surface area contributed by atoms with Gasteiger partial charge in [-0.25, -0.2) is 19.2 Å². The summed E-state index contributed by atoms with van der Waals surface area (Å²) < 4.78 is 18.6. The lowest BCUT2D eigenvalue weighted by molar-refractivity contribution is -0.140. The van der Waals surface area contributed by atoms with Crippen molar-refractivity contribution in [1.82, 2.24) is 0 Å². The number of esters is 4. The molecule has 1 rings (SSSR count). The molecule has 1 aromatic carbocycles. The minimum absolute atomic E-state index is 0.0465. The number of hydrogen-bond donors (Lipinski definition) is 2. The van der Waals surface area contributed by atoms with Gasteiger partial charge in [0.05, 0.1) is 26.9 Å². The van der Waals surface area contributed by atoms with Crippen molar-refractivity contribution >= 4 is 42.6 Å². The number of aliphatic hydroxyl groups excluding tert-OH is 1. The van der Waals surface area contributed by atoms with Crippen molar-refractivity contribution < 1.29 is 43.2 Å². The van der Waals surface area contributed by atoms with E-state index in [4.69, 9.17) is 14.6 Å². The van der Waals surface area contributed by atoms with Gasteiger partial charge in [-0.15, -0.1) is 0 Å². The summed E-state index contributed by atoms with van der Waals surface area (Å²) in [6, 6.07) is 10.0. The van der Waals surface area contributed by atoms with Crippen LogP contribution in [-0.4, -0.2) is 67.3 Å². The minimum Gasteiger partial charge on any atom is -0.466 e. The lowest BCUT2D eigenvalue weighted by atomic mass is 10.0. The Bertz CT molecular complexity index is 1220. The number of rotatable bonds is 24. The van der Waals surface area contributed by atoms with Gasteiger partial charge in [0.2, 0.25) is 0 Å². The molecule has 9 nitrogen and oxygen atoms in total. The smallest absolute Gasteiger partial charge is 0.333 e. The predicted octanol–water partition coefficient (Wildman–Crippen LogP) is 12.4. The number of unbranched alkanes of at least 4 members (excludes halogenated alkanes) is 8. The van der Waals surface area contributed by atoms with Gasteiger partial charge in [0.15, 0.2) is 0 Å². The second kappa shape index (κ2) is 48.5. The molecule has 0 fully saturated rings. The van der Waals surface area contributed by atoms with Crippen LogP contribution in [0.15, 0.2) is 86.5 Å². The third-order valence-corrected chi connectivity index (χ3v) is 7.94. The third kappa shape index (κ3) is 58.5. The molecule has 0 heterocycles. The molecule has 1 atom stereocenters. The molecule has 0 amide bonds. The highest BCUT2D eigenvalue weighted by Crippen LogP contribution is 2.21. The number of benzene rings is 1. The van der Waals surface area contributed by atoms with E-state index >= 15 is 0 Å². The fourth-order valence-corrected chi connectivity index (χ4v) is 4.23. The first-order valence-electron chi connectivity index (χ1n) is 21.1. The molecule has 1 N–H and O–H groups in total. The fourth-order valence-electron chi connectivity index (χ4n) is 4.07. The second-order valence-electron chi connectivity index (χ2n) is 14.2. The molecule has 1 unspecified atom stereocenters. The molecule has 0 aliphatic rings. The molecule has 340 valence electrons. The molecular formula is C49H84O9S. The summed E-state index contributed by atoms with van der Waals surface area (Å²) in [6.45, 7) is 34.2. The van der Waals surface area contributed by atoms with Crippen LogP contribution >= 0.6 is 12.6 Å². The van der Waals surface area contributed by atoms with E-state index in [0.29, 0.717) is 30.3 Å². The maximum atomic E-state index is 10.8. The molecule has 0 saturated carbocycles.